The first-order valence-corrected chi connectivity index (χ1v) is 3.86. The lowest BCUT2D eigenvalue weighted by Crippen LogP contribution is -1.99. The smallest absolute Gasteiger partial charge is 0.128 e. The molecule has 0 amide bonds. The van der Waals surface area contributed by atoms with E-state index in [1.807, 2.05) is 6.92 Å². The lowest BCUT2D eigenvalue weighted by molar-refractivity contribution is 0.682. The fourth-order valence-electron chi connectivity index (χ4n) is 0.756. The molecule has 11 heavy (non-hydrogen) atoms. The van der Waals surface area contributed by atoms with Crippen LogP contribution in [-0.4, -0.2) is 9.97 Å². The molecule has 0 N–H and O–H groups in total. The highest BCUT2D eigenvalue weighted by molar-refractivity contribution is 6.30. The van der Waals surface area contributed by atoms with Crippen molar-refractivity contribution < 1.29 is 0 Å². The molecule has 1 aromatic heterocycles. The van der Waals surface area contributed by atoms with E-state index in [9.17, 15) is 0 Å². The Labute approximate surface area is 71.6 Å². The zero-order valence-corrected chi connectivity index (χ0v) is 7.17. The van der Waals surface area contributed by atoms with Crippen molar-refractivity contribution in [1.29, 1.82) is 0 Å². The molecule has 0 bridgehead atoms. The maximum Gasteiger partial charge on any atom is 0.128 e. The quantitative estimate of drug-likeness (QED) is 0.678. The zero-order chi connectivity index (χ0) is 8.27. The molecule has 0 saturated heterocycles. The highest BCUT2D eigenvalue weighted by Crippen LogP contribution is 2.05. The van der Waals surface area contributed by atoms with Crippen LogP contribution in [0.4, 0.5) is 0 Å². The second kappa shape index (κ2) is 3.67. The Balaban J connectivity index is 2.66. The Kier molecular flexibility index (Phi) is 2.83. The molecular formula is C8H10ClN2. The van der Waals surface area contributed by atoms with Crippen LogP contribution >= 0.6 is 11.6 Å². The van der Waals surface area contributed by atoms with Gasteiger partial charge in [-0.05, 0) is 5.92 Å². The molecule has 1 heterocycles. The van der Waals surface area contributed by atoms with Crippen molar-refractivity contribution in [3.63, 3.8) is 0 Å². The summed E-state index contributed by atoms with van der Waals surface area (Å²) in [6, 6.07) is 0. The molecule has 2 nitrogen and oxygen atoms in total. The Bertz CT molecular complexity index is 218. The second-order valence-corrected chi connectivity index (χ2v) is 3.06. The second-order valence-electron chi connectivity index (χ2n) is 2.63. The van der Waals surface area contributed by atoms with E-state index in [1.165, 1.54) is 0 Å². The van der Waals surface area contributed by atoms with E-state index in [2.05, 4.69) is 16.9 Å². The molecule has 0 fully saturated rings. The number of aromatic nitrogens is 2. The van der Waals surface area contributed by atoms with E-state index >= 15 is 0 Å². The fourth-order valence-corrected chi connectivity index (χ4v) is 0.854. The first kappa shape index (κ1) is 8.47. The standard InChI is InChI=1S/C8H10ClN2/c1-6(2)3-8-10-4-7(9)5-11-8/h4-6H,1,3H2,2H3. The highest BCUT2D eigenvalue weighted by Gasteiger charge is 1.99. The summed E-state index contributed by atoms with van der Waals surface area (Å²) >= 11 is 5.61. The van der Waals surface area contributed by atoms with Crippen LogP contribution in [0.25, 0.3) is 0 Å². The maximum absolute atomic E-state index is 5.61. The SMILES string of the molecule is [CH2]C(C)Cc1ncc(Cl)cn1. The number of halogens is 1. The fraction of sp³-hybridized carbons (Fsp3) is 0.375. The third-order valence-corrected chi connectivity index (χ3v) is 1.40. The van der Waals surface area contributed by atoms with Crippen LogP contribution in [0.1, 0.15) is 12.7 Å². The summed E-state index contributed by atoms with van der Waals surface area (Å²) in [5, 5.41) is 0.575. The van der Waals surface area contributed by atoms with Gasteiger partial charge >= 0.3 is 0 Å². The van der Waals surface area contributed by atoms with Crippen LogP contribution in [0.5, 0.6) is 0 Å². The van der Waals surface area contributed by atoms with E-state index in [4.69, 9.17) is 11.6 Å². The van der Waals surface area contributed by atoms with Crippen LogP contribution in [0.2, 0.25) is 5.02 Å². The summed E-state index contributed by atoms with van der Waals surface area (Å²) in [7, 11) is 0. The molecule has 59 valence electrons. The van der Waals surface area contributed by atoms with E-state index in [0.29, 0.717) is 10.9 Å². The summed E-state index contributed by atoms with van der Waals surface area (Å²) in [5.74, 6) is 1.15. The molecular weight excluding hydrogens is 160 g/mol. The van der Waals surface area contributed by atoms with E-state index < -0.39 is 0 Å². The van der Waals surface area contributed by atoms with E-state index in [1.54, 1.807) is 12.4 Å². The topological polar surface area (TPSA) is 25.8 Å². The molecule has 1 atom stereocenters. The van der Waals surface area contributed by atoms with Crippen LogP contribution < -0.4 is 0 Å². The number of hydrogen-bond acceptors (Lipinski definition) is 2. The van der Waals surface area contributed by atoms with Gasteiger partial charge in [-0.1, -0.05) is 25.4 Å². The van der Waals surface area contributed by atoms with Gasteiger partial charge in [0.1, 0.15) is 5.82 Å². The van der Waals surface area contributed by atoms with Gasteiger partial charge in [0.15, 0.2) is 0 Å². The van der Waals surface area contributed by atoms with Gasteiger partial charge in [-0.3, -0.25) is 0 Å². The van der Waals surface area contributed by atoms with Crippen LogP contribution in [0, 0.1) is 12.8 Å². The first-order chi connectivity index (χ1) is 5.18. The van der Waals surface area contributed by atoms with Crippen LogP contribution in [0.15, 0.2) is 12.4 Å². The first-order valence-electron chi connectivity index (χ1n) is 3.48. The lowest BCUT2D eigenvalue weighted by atomic mass is 10.1. The third-order valence-electron chi connectivity index (χ3n) is 1.20. The van der Waals surface area contributed by atoms with Crippen molar-refractivity contribution in [1.82, 2.24) is 9.97 Å². The third kappa shape index (κ3) is 2.85. The normalized spacial score (nSPS) is 10.5. The molecule has 3 heteroatoms. The minimum Gasteiger partial charge on any atom is -0.240 e. The molecule has 1 aromatic rings. The van der Waals surface area contributed by atoms with E-state index in [0.717, 1.165) is 12.2 Å². The van der Waals surface area contributed by atoms with Crippen molar-refractivity contribution in [2.75, 3.05) is 0 Å². The highest BCUT2D eigenvalue weighted by atomic mass is 35.5. The minimum absolute atomic E-state index is 0.344. The van der Waals surface area contributed by atoms with Crippen molar-refractivity contribution in [2.45, 2.75) is 13.3 Å². The monoisotopic (exact) mass is 169 g/mol. The molecule has 0 saturated carbocycles. The van der Waals surface area contributed by atoms with Gasteiger partial charge in [0.2, 0.25) is 0 Å². The molecule has 0 aliphatic rings. The van der Waals surface area contributed by atoms with Gasteiger partial charge < -0.3 is 0 Å². The molecule has 1 rings (SSSR count). The predicted octanol–water partition coefficient (Wildman–Crippen LogP) is 2.14. The Morgan fingerprint density at radius 2 is 2.09 bits per heavy atom. The number of hydrogen-bond donors (Lipinski definition) is 0. The van der Waals surface area contributed by atoms with Gasteiger partial charge in [-0.25, -0.2) is 9.97 Å². The van der Waals surface area contributed by atoms with Crippen LogP contribution in [0.3, 0.4) is 0 Å². The molecule has 0 aliphatic heterocycles. The Hall–Kier alpha value is -0.630. The summed E-state index contributed by atoms with van der Waals surface area (Å²) in [6.45, 7) is 5.87. The van der Waals surface area contributed by atoms with Gasteiger partial charge in [-0.2, -0.15) is 0 Å². The molecule has 1 radical (unpaired) electrons. The zero-order valence-electron chi connectivity index (χ0n) is 6.42. The number of nitrogens with zero attached hydrogens (tertiary/aromatic N) is 2. The maximum atomic E-state index is 5.61. The molecule has 0 spiro atoms. The van der Waals surface area contributed by atoms with Crippen molar-refractivity contribution >= 4 is 11.6 Å². The van der Waals surface area contributed by atoms with Gasteiger partial charge in [0, 0.05) is 18.8 Å². The molecule has 0 aromatic carbocycles. The van der Waals surface area contributed by atoms with Gasteiger partial charge in [0.05, 0.1) is 5.02 Å². The summed E-state index contributed by atoms with van der Waals surface area (Å²) in [6.07, 6.45) is 4.01. The Morgan fingerprint density at radius 3 is 2.55 bits per heavy atom. The number of rotatable bonds is 2. The molecule has 1 unspecified atom stereocenters. The van der Waals surface area contributed by atoms with Crippen molar-refractivity contribution in [3.8, 4) is 0 Å². The summed E-state index contributed by atoms with van der Waals surface area (Å²) < 4.78 is 0. The van der Waals surface area contributed by atoms with Gasteiger partial charge in [-0.15, -0.1) is 0 Å². The minimum atomic E-state index is 0.344. The van der Waals surface area contributed by atoms with Gasteiger partial charge in [0.25, 0.3) is 0 Å². The van der Waals surface area contributed by atoms with Crippen molar-refractivity contribution in [3.05, 3.63) is 30.2 Å². The predicted molar refractivity (Wildman–Crippen MR) is 45.3 cm³/mol. The Morgan fingerprint density at radius 1 is 1.55 bits per heavy atom. The largest absolute Gasteiger partial charge is 0.240 e. The van der Waals surface area contributed by atoms with E-state index in [-0.39, 0.29) is 0 Å². The molecule has 0 aliphatic carbocycles. The van der Waals surface area contributed by atoms with Crippen molar-refractivity contribution in [2.24, 2.45) is 5.92 Å². The van der Waals surface area contributed by atoms with Crippen LogP contribution in [-0.2, 0) is 6.42 Å². The lowest BCUT2D eigenvalue weighted by Gasteiger charge is -2.01. The summed E-state index contributed by atoms with van der Waals surface area (Å²) in [5.41, 5.74) is 0. The summed E-state index contributed by atoms with van der Waals surface area (Å²) in [4.78, 5) is 8.07. The average molecular weight is 170 g/mol. The average Bonchev–Trinajstić information content (AvgIpc) is 1.93.